The Balaban J connectivity index is 2.27. The molecular formula is C13H12F3NO2S. The maximum absolute atomic E-state index is 12.6. The average Bonchev–Trinajstić information content (AvgIpc) is 2.78. The first kappa shape index (κ1) is 14.8. The van der Waals surface area contributed by atoms with Gasteiger partial charge in [0, 0.05) is 17.2 Å². The van der Waals surface area contributed by atoms with E-state index in [0.29, 0.717) is 27.0 Å². The van der Waals surface area contributed by atoms with Crippen molar-refractivity contribution in [2.75, 3.05) is 0 Å². The summed E-state index contributed by atoms with van der Waals surface area (Å²) < 4.78 is 38.4. The zero-order valence-electron chi connectivity index (χ0n) is 10.3. The lowest BCUT2D eigenvalue weighted by Crippen LogP contribution is -2.12. The van der Waals surface area contributed by atoms with Crippen molar-refractivity contribution in [1.82, 2.24) is 0 Å². The fraction of sp³-hybridized carbons (Fsp3) is 0.308. The number of halogens is 3. The molecule has 108 valence electrons. The molecule has 0 aliphatic heterocycles. The second kappa shape index (κ2) is 5.41. The van der Waals surface area contributed by atoms with Gasteiger partial charge < -0.3 is 10.8 Å². The van der Waals surface area contributed by atoms with Crippen molar-refractivity contribution in [1.29, 1.82) is 0 Å². The molecule has 1 aromatic carbocycles. The van der Waals surface area contributed by atoms with Gasteiger partial charge >= 0.3 is 12.1 Å². The van der Waals surface area contributed by atoms with E-state index in [9.17, 15) is 18.0 Å². The summed E-state index contributed by atoms with van der Waals surface area (Å²) in [5.74, 6) is -0.948. The summed E-state index contributed by atoms with van der Waals surface area (Å²) in [6.45, 7) is 0. The van der Waals surface area contributed by atoms with Crippen molar-refractivity contribution < 1.29 is 23.1 Å². The fourth-order valence-electron chi connectivity index (χ4n) is 1.88. The quantitative estimate of drug-likeness (QED) is 0.903. The molecule has 0 spiro atoms. The monoisotopic (exact) mass is 303 g/mol. The molecule has 20 heavy (non-hydrogen) atoms. The summed E-state index contributed by atoms with van der Waals surface area (Å²) in [7, 11) is 0. The summed E-state index contributed by atoms with van der Waals surface area (Å²) in [5, 5.41) is 9.07. The molecule has 2 aromatic rings. The number of fused-ring (bicyclic) bond motifs is 1. The van der Waals surface area contributed by atoms with Crippen LogP contribution in [-0.2, 0) is 11.0 Å². The van der Waals surface area contributed by atoms with Crippen molar-refractivity contribution in [3.63, 3.8) is 0 Å². The van der Waals surface area contributed by atoms with E-state index in [2.05, 4.69) is 0 Å². The Hall–Kier alpha value is -1.60. The van der Waals surface area contributed by atoms with E-state index in [1.165, 1.54) is 0 Å². The van der Waals surface area contributed by atoms with Gasteiger partial charge in [-0.1, -0.05) is 6.07 Å². The minimum Gasteiger partial charge on any atom is -0.481 e. The second-order valence-electron chi connectivity index (χ2n) is 4.44. The van der Waals surface area contributed by atoms with Crippen LogP contribution >= 0.6 is 11.3 Å². The Morgan fingerprint density at radius 3 is 2.65 bits per heavy atom. The molecule has 0 aliphatic carbocycles. The van der Waals surface area contributed by atoms with Crippen LogP contribution in [0.4, 0.5) is 13.2 Å². The summed E-state index contributed by atoms with van der Waals surface area (Å²) in [6.07, 6.45) is -4.18. The van der Waals surface area contributed by atoms with Crippen LogP contribution in [0.2, 0.25) is 0 Å². The van der Waals surface area contributed by atoms with Gasteiger partial charge in [-0.15, -0.1) is 11.3 Å². The first-order chi connectivity index (χ1) is 9.27. The minimum atomic E-state index is -4.35. The summed E-state index contributed by atoms with van der Waals surface area (Å²) in [6, 6.07) is 5.42. The summed E-state index contributed by atoms with van der Waals surface area (Å²) in [4.78, 5) is 9.83. The molecule has 0 radical (unpaired) electrons. The minimum absolute atomic E-state index is 0.0728. The SMILES string of the molecule is NC(CCC(=O)O)c1ccc2sc(C(F)(F)F)cc2c1. The first-order valence-corrected chi connectivity index (χ1v) is 6.67. The van der Waals surface area contributed by atoms with E-state index in [4.69, 9.17) is 10.8 Å². The highest BCUT2D eigenvalue weighted by Gasteiger charge is 2.32. The number of carbonyl (C=O) groups is 1. The van der Waals surface area contributed by atoms with Gasteiger partial charge in [0.25, 0.3) is 0 Å². The van der Waals surface area contributed by atoms with E-state index in [0.717, 1.165) is 6.07 Å². The van der Waals surface area contributed by atoms with Crippen LogP contribution in [0.25, 0.3) is 10.1 Å². The van der Waals surface area contributed by atoms with Crippen molar-refractivity contribution in [3.8, 4) is 0 Å². The standard InChI is InChI=1S/C13H12F3NO2S/c14-13(15,16)11-6-8-5-7(1-3-10(8)20-11)9(17)2-4-12(18)19/h1,3,5-6,9H,2,4,17H2,(H,18,19). The maximum Gasteiger partial charge on any atom is 0.425 e. The van der Waals surface area contributed by atoms with E-state index < -0.39 is 23.1 Å². The lowest BCUT2D eigenvalue weighted by molar-refractivity contribution is -0.137. The predicted molar refractivity (Wildman–Crippen MR) is 70.6 cm³/mol. The third-order valence-electron chi connectivity index (χ3n) is 2.92. The Kier molecular flexibility index (Phi) is 4.01. The normalized spacial score (nSPS) is 13.6. The van der Waals surface area contributed by atoms with E-state index in [1.54, 1.807) is 18.2 Å². The number of hydrogen-bond donors (Lipinski definition) is 2. The number of alkyl halides is 3. The zero-order chi connectivity index (χ0) is 14.9. The molecule has 1 aromatic heterocycles. The lowest BCUT2D eigenvalue weighted by Gasteiger charge is -2.10. The van der Waals surface area contributed by atoms with Gasteiger partial charge in [0.2, 0.25) is 0 Å². The molecule has 7 heteroatoms. The fourth-order valence-corrected chi connectivity index (χ4v) is 2.79. The Labute approximate surface area is 116 Å². The highest BCUT2D eigenvalue weighted by molar-refractivity contribution is 7.19. The molecule has 1 unspecified atom stereocenters. The summed E-state index contributed by atoms with van der Waals surface area (Å²) in [5.41, 5.74) is 6.49. The molecule has 1 atom stereocenters. The highest BCUT2D eigenvalue weighted by Crippen LogP contribution is 2.38. The number of hydrogen-bond acceptors (Lipinski definition) is 3. The Morgan fingerprint density at radius 2 is 2.05 bits per heavy atom. The van der Waals surface area contributed by atoms with Crippen LogP contribution < -0.4 is 5.73 Å². The van der Waals surface area contributed by atoms with Gasteiger partial charge in [0.15, 0.2) is 0 Å². The molecule has 0 saturated heterocycles. The molecule has 0 saturated carbocycles. The van der Waals surface area contributed by atoms with Crippen molar-refractivity contribution >= 4 is 27.4 Å². The van der Waals surface area contributed by atoms with Crippen LogP contribution in [-0.4, -0.2) is 11.1 Å². The molecule has 0 aliphatic rings. The van der Waals surface area contributed by atoms with Crippen molar-refractivity contribution in [2.45, 2.75) is 25.1 Å². The average molecular weight is 303 g/mol. The van der Waals surface area contributed by atoms with Gasteiger partial charge in [-0.25, -0.2) is 0 Å². The van der Waals surface area contributed by atoms with Gasteiger partial charge in [0.05, 0.1) is 0 Å². The lowest BCUT2D eigenvalue weighted by atomic mass is 10.0. The van der Waals surface area contributed by atoms with Crippen LogP contribution in [0.3, 0.4) is 0 Å². The molecule has 0 bridgehead atoms. The van der Waals surface area contributed by atoms with E-state index in [-0.39, 0.29) is 12.8 Å². The number of thiophene rings is 1. The van der Waals surface area contributed by atoms with Gasteiger partial charge in [0.1, 0.15) is 4.88 Å². The topological polar surface area (TPSA) is 63.3 Å². The maximum atomic E-state index is 12.6. The molecular weight excluding hydrogens is 291 g/mol. The predicted octanol–water partition coefficient (Wildman–Crippen LogP) is 3.78. The van der Waals surface area contributed by atoms with Crippen molar-refractivity contribution in [3.05, 3.63) is 34.7 Å². The van der Waals surface area contributed by atoms with Gasteiger partial charge in [-0.2, -0.15) is 13.2 Å². The molecule has 2 rings (SSSR count). The van der Waals surface area contributed by atoms with Crippen LogP contribution in [0.15, 0.2) is 24.3 Å². The summed E-state index contributed by atoms with van der Waals surface area (Å²) >= 11 is 0.683. The largest absolute Gasteiger partial charge is 0.481 e. The molecule has 0 amide bonds. The third-order valence-corrected chi connectivity index (χ3v) is 4.08. The Bertz CT molecular complexity index is 636. The number of rotatable bonds is 4. The number of nitrogens with two attached hydrogens (primary N) is 1. The molecule has 0 fully saturated rings. The second-order valence-corrected chi connectivity index (χ2v) is 5.53. The third kappa shape index (κ3) is 3.29. The van der Waals surface area contributed by atoms with Crippen molar-refractivity contribution in [2.24, 2.45) is 5.73 Å². The molecule has 1 heterocycles. The zero-order valence-corrected chi connectivity index (χ0v) is 11.1. The smallest absolute Gasteiger partial charge is 0.425 e. The van der Waals surface area contributed by atoms with E-state index in [1.807, 2.05) is 0 Å². The first-order valence-electron chi connectivity index (χ1n) is 5.85. The molecule has 3 nitrogen and oxygen atoms in total. The number of aliphatic carboxylic acids is 1. The van der Waals surface area contributed by atoms with Gasteiger partial charge in [-0.05, 0) is 35.6 Å². The van der Waals surface area contributed by atoms with Crippen LogP contribution in [0.1, 0.15) is 29.3 Å². The van der Waals surface area contributed by atoms with Gasteiger partial charge in [-0.3, -0.25) is 4.79 Å². The number of benzene rings is 1. The Morgan fingerprint density at radius 1 is 1.35 bits per heavy atom. The number of carboxylic acids is 1. The van der Waals surface area contributed by atoms with E-state index >= 15 is 0 Å². The number of carboxylic acid groups (broad SMARTS) is 1. The van der Waals surface area contributed by atoms with Crippen LogP contribution in [0, 0.1) is 0 Å². The highest BCUT2D eigenvalue weighted by atomic mass is 32.1. The van der Waals surface area contributed by atoms with Crippen LogP contribution in [0.5, 0.6) is 0 Å². The molecule has 3 N–H and O–H groups in total.